The largest absolute Gasteiger partial charge is 0.444 e. The van der Waals surface area contributed by atoms with Gasteiger partial charge in [-0.05, 0) is 32.8 Å². The van der Waals surface area contributed by atoms with E-state index in [9.17, 15) is 9.18 Å². The Kier molecular flexibility index (Phi) is 5.66. The third-order valence-corrected chi connectivity index (χ3v) is 3.50. The monoisotopic (exact) mass is 333 g/mol. The lowest BCUT2D eigenvalue weighted by Gasteiger charge is -2.36. The van der Waals surface area contributed by atoms with E-state index in [1.54, 1.807) is 11.0 Å². The van der Waals surface area contributed by atoms with Gasteiger partial charge in [0.1, 0.15) is 11.3 Å². The zero-order chi connectivity index (χ0) is 17.7. The predicted octanol–water partition coefficient (Wildman–Crippen LogP) is 3.04. The lowest BCUT2D eigenvalue weighted by molar-refractivity contribution is 0.0240. The van der Waals surface area contributed by atoms with E-state index in [0.29, 0.717) is 37.6 Å². The maximum Gasteiger partial charge on any atom is 0.410 e. The van der Waals surface area contributed by atoms with Crippen LogP contribution in [-0.4, -0.2) is 47.8 Å². The fourth-order valence-corrected chi connectivity index (χ4v) is 2.37. The van der Waals surface area contributed by atoms with E-state index in [2.05, 4.69) is 16.8 Å². The smallest absolute Gasteiger partial charge is 0.410 e. The zero-order valence-electron chi connectivity index (χ0n) is 14.7. The molecule has 0 spiro atoms. The number of amides is 1. The standard InChI is InChI=1S/C18H24FN3O2/c1-5-6-7-14-12-16(15(19)13-20-14)21-8-10-22(11-9-21)17(23)24-18(2,3)4/h12-13H,5,8-11H2,1-4H3. The van der Waals surface area contributed by atoms with Gasteiger partial charge in [0.15, 0.2) is 5.82 Å². The van der Waals surface area contributed by atoms with Gasteiger partial charge in [-0.15, -0.1) is 0 Å². The minimum absolute atomic E-state index is 0.327. The maximum atomic E-state index is 14.1. The first-order valence-corrected chi connectivity index (χ1v) is 8.17. The number of carbonyl (C=O) groups is 1. The van der Waals surface area contributed by atoms with E-state index in [1.807, 2.05) is 32.6 Å². The second kappa shape index (κ2) is 7.52. The van der Waals surface area contributed by atoms with E-state index >= 15 is 0 Å². The molecule has 0 bridgehead atoms. The Hall–Kier alpha value is -2.29. The number of ether oxygens (including phenoxy) is 1. The van der Waals surface area contributed by atoms with E-state index in [-0.39, 0.29) is 11.9 Å². The first kappa shape index (κ1) is 18.1. The van der Waals surface area contributed by atoms with E-state index in [4.69, 9.17) is 4.74 Å². The molecule has 0 aromatic carbocycles. The fourth-order valence-electron chi connectivity index (χ4n) is 2.37. The van der Waals surface area contributed by atoms with Crippen LogP contribution in [0.5, 0.6) is 0 Å². The highest BCUT2D eigenvalue weighted by Gasteiger charge is 2.26. The summed E-state index contributed by atoms with van der Waals surface area (Å²) < 4.78 is 19.5. The lowest BCUT2D eigenvalue weighted by atomic mass is 10.2. The fraction of sp³-hybridized carbons (Fsp3) is 0.556. The van der Waals surface area contributed by atoms with Crippen LogP contribution in [0.4, 0.5) is 14.9 Å². The van der Waals surface area contributed by atoms with E-state index in [0.717, 1.165) is 6.42 Å². The van der Waals surface area contributed by atoms with Crippen molar-refractivity contribution in [2.24, 2.45) is 0 Å². The molecule has 1 amide bonds. The average molecular weight is 333 g/mol. The molecule has 1 aliphatic rings. The molecule has 1 aliphatic heterocycles. The van der Waals surface area contributed by atoms with Crippen LogP contribution in [0, 0.1) is 17.7 Å². The van der Waals surface area contributed by atoms with Crippen LogP contribution in [-0.2, 0) is 4.74 Å². The Morgan fingerprint density at radius 3 is 2.58 bits per heavy atom. The second-order valence-corrected chi connectivity index (χ2v) is 6.63. The lowest BCUT2D eigenvalue weighted by Crippen LogP contribution is -2.50. The molecular weight excluding hydrogens is 309 g/mol. The van der Waals surface area contributed by atoms with Gasteiger partial charge in [0.2, 0.25) is 0 Å². The van der Waals surface area contributed by atoms with Gasteiger partial charge in [-0.1, -0.05) is 12.8 Å². The number of carbonyl (C=O) groups excluding carboxylic acids is 1. The summed E-state index contributed by atoms with van der Waals surface area (Å²) in [5, 5.41) is 0. The van der Waals surface area contributed by atoms with Crippen molar-refractivity contribution in [2.45, 2.75) is 39.7 Å². The summed E-state index contributed by atoms with van der Waals surface area (Å²) in [7, 11) is 0. The molecule has 1 fully saturated rings. The third kappa shape index (κ3) is 4.85. The summed E-state index contributed by atoms with van der Waals surface area (Å²) in [6.07, 6.45) is 1.60. The molecule has 130 valence electrons. The average Bonchev–Trinajstić information content (AvgIpc) is 2.52. The number of hydrogen-bond donors (Lipinski definition) is 0. The first-order chi connectivity index (χ1) is 11.3. The van der Waals surface area contributed by atoms with Gasteiger partial charge >= 0.3 is 6.09 Å². The van der Waals surface area contributed by atoms with Crippen LogP contribution in [0.2, 0.25) is 0 Å². The van der Waals surface area contributed by atoms with Crippen LogP contribution in [0.3, 0.4) is 0 Å². The van der Waals surface area contributed by atoms with Gasteiger partial charge in [0, 0.05) is 32.6 Å². The number of hydrogen-bond acceptors (Lipinski definition) is 4. The third-order valence-electron chi connectivity index (χ3n) is 3.50. The van der Waals surface area contributed by atoms with Crippen molar-refractivity contribution in [3.05, 3.63) is 23.8 Å². The second-order valence-electron chi connectivity index (χ2n) is 6.63. The molecule has 1 saturated heterocycles. The highest BCUT2D eigenvalue weighted by molar-refractivity contribution is 5.68. The van der Waals surface area contributed by atoms with Crippen molar-refractivity contribution in [2.75, 3.05) is 31.1 Å². The van der Waals surface area contributed by atoms with Crippen molar-refractivity contribution in [1.82, 2.24) is 9.88 Å². The first-order valence-electron chi connectivity index (χ1n) is 8.17. The Labute approximate surface area is 142 Å². The van der Waals surface area contributed by atoms with Gasteiger partial charge in [0.25, 0.3) is 0 Å². The van der Waals surface area contributed by atoms with Crippen LogP contribution in [0.1, 0.15) is 39.8 Å². The number of piperazine rings is 1. The minimum atomic E-state index is -0.516. The van der Waals surface area contributed by atoms with Crippen LogP contribution in [0.25, 0.3) is 0 Å². The number of halogens is 1. The van der Waals surface area contributed by atoms with Gasteiger partial charge in [-0.3, -0.25) is 0 Å². The number of nitrogens with zero attached hydrogens (tertiary/aromatic N) is 3. The number of rotatable bonds is 1. The molecule has 0 aliphatic carbocycles. The summed E-state index contributed by atoms with van der Waals surface area (Å²) in [5.74, 6) is 5.48. The summed E-state index contributed by atoms with van der Waals surface area (Å²) in [4.78, 5) is 19.6. The maximum absolute atomic E-state index is 14.1. The quantitative estimate of drug-likeness (QED) is 0.741. The molecule has 0 unspecified atom stereocenters. The molecule has 0 saturated carbocycles. The van der Waals surface area contributed by atoms with Crippen molar-refractivity contribution in [3.63, 3.8) is 0 Å². The molecule has 1 aromatic rings. The zero-order valence-corrected chi connectivity index (χ0v) is 14.7. The van der Waals surface area contributed by atoms with Crippen LogP contribution < -0.4 is 4.90 Å². The summed E-state index contributed by atoms with van der Waals surface area (Å²) >= 11 is 0. The van der Waals surface area contributed by atoms with Gasteiger partial charge in [-0.25, -0.2) is 14.2 Å². The Balaban J connectivity index is 2.03. The van der Waals surface area contributed by atoms with Gasteiger partial charge in [-0.2, -0.15) is 0 Å². The normalized spacial score (nSPS) is 14.9. The Morgan fingerprint density at radius 1 is 1.33 bits per heavy atom. The van der Waals surface area contributed by atoms with Crippen molar-refractivity contribution < 1.29 is 13.9 Å². The molecule has 2 heterocycles. The molecule has 1 aromatic heterocycles. The van der Waals surface area contributed by atoms with Crippen LogP contribution >= 0.6 is 0 Å². The SMILES string of the molecule is CCC#Cc1cc(N2CCN(C(=O)OC(C)(C)C)CC2)c(F)cn1. The minimum Gasteiger partial charge on any atom is -0.444 e. The molecule has 0 N–H and O–H groups in total. The van der Waals surface area contributed by atoms with E-state index < -0.39 is 5.60 Å². The summed E-state index contributed by atoms with van der Waals surface area (Å²) in [6, 6.07) is 1.67. The molecule has 0 radical (unpaired) electrons. The predicted molar refractivity (Wildman–Crippen MR) is 91.4 cm³/mol. The van der Waals surface area contributed by atoms with Crippen molar-refractivity contribution in [3.8, 4) is 11.8 Å². The highest BCUT2D eigenvalue weighted by atomic mass is 19.1. The van der Waals surface area contributed by atoms with Crippen molar-refractivity contribution >= 4 is 11.8 Å². The summed E-state index contributed by atoms with van der Waals surface area (Å²) in [6.45, 7) is 9.54. The van der Waals surface area contributed by atoms with Gasteiger partial charge < -0.3 is 14.5 Å². The molecule has 2 rings (SSSR count). The Bertz CT molecular complexity index is 650. The van der Waals surface area contributed by atoms with Crippen LogP contribution in [0.15, 0.2) is 12.3 Å². The molecular formula is C18H24FN3O2. The topological polar surface area (TPSA) is 45.7 Å². The number of anilines is 1. The molecule has 24 heavy (non-hydrogen) atoms. The molecule has 5 nitrogen and oxygen atoms in total. The van der Waals surface area contributed by atoms with E-state index in [1.165, 1.54) is 6.20 Å². The Morgan fingerprint density at radius 2 is 2.00 bits per heavy atom. The summed E-state index contributed by atoms with van der Waals surface area (Å²) in [5.41, 5.74) is 0.523. The highest BCUT2D eigenvalue weighted by Crippen LogP contribution is 2.21. The molecule has 0 atom stereocenters. The molecule has 6 heteroatoms. The number of aromatic nitrogens is 1. The number of pyridine rings is 1. The van der Waals surface area contributed by atoms with Crippen molar-refractivity contribution in [1.29, 1.82) is 0 Å². The van der Waals surface area contributed by atoms with Gasteiger partial charge in [0.05, 0.1) is 11.9 Å².